The molecule has 4 aromatic carbocycles. The summed E-state index contributed by atoms with van der Waals surface area (Å²) in [5, 5.41) is 0.00216. The number of carbonyl (C=O) groups excluding carboxylic acids is 1. The van der Waals surface area contributed by atoms with Gasteiger partial charge in [-0.1, -0.05) is 110 Å². The Kier molecular flexibility index (Phi) is 7.69. The Morgan fingerprint density at radius 1 is 0.795 bits per heavy atom. The molecule has 2 aliphatic rings. The van der Waals surface area contributed by atoms with Gasteiger partial charge >= 0.3 is 0 Å². The van der Waals surface area contributed by atoms with Gasteiger partial charge in [-0.05, 0) is 68.1 Å². The highest BCUT2D eigenvalue weighted by Gasteiger charge is 2.44. The molecule has 2 aliphatic carbocycles. The molecule has 0 unspecified atom stereocenters. The number of amides is 1. The zero-order valence-electron chi connectivity index (χ0n) is 24.9. The molecule has 220 valence electrons. The van der Waals surface area contributed by atoms with Gasteiger partial charge < -0.3 is 0 Å². The SMILES string of the molecule is C[C@@H](Sc1nc2c(c(=O)n1-c1ccccc1)C1(CCCCC1)Cc1ccccc1-2)C(=O)N(c1ccccc1)c1ccccc1. The largest absolute Gasteiger partial charge is 0.280 e. The van der Waals surface area contributed by atoms with Crippen molar-refractivity contribution in [2.24, 2.45) is 0 Å². The van der Waals surface area contributed by atoms with Gasteiger partial charge in [-0.3, -0.25) is 19.1 Å². The second-order valence-corrected chi connectivity index (χ2v) is 13.2. The molecule has 5 nitrogen and oxygen atoms in total. The van der Waals surface area contributed by atoms with E-state index in [-0.39, 0.29) is 16.9 Å². The van der Waals surface area contributed by atoms with Crippen LogP contribution in [0.3, 0.4) is 0 Å². The molecule has 0 radical (unpaired) electrons. The molecule has 1 heterocycles. The third kappa shape index (κ3) is 5.07. The molecule has 6 heteroatoms. The summed E-state index contributed by atoms with van der Waals surface area (Å²) in [5.41, 5.74) is 6.05. The first-order valence-corrected chi connectivity index (χ1v) is 16.4. The van der Waals surface area contributed by atoms with Crippen LogP contribution < -0.4 is 10.5 Å². The fourth-order valence-electron chi connectivity index (χ4n) is 7.02. The topological polar surface area (TPSA) is 55.2 Å². The number of hydrogen-bond donors (Lipinski definition) is 0. The molecule has 5 aromatic rings. The number of para-hydroxylation sites is 3. The zero-order chi connectivity index (χ0) is 30.1. The molecule has 1 fully saturated rings. The summed E-state index contributed by atoms with van der Waals surface area (Å²) in [6, 6.07) is 37.6. The lowest BCUT2D eigenvalue weighted by Gasteiger charge is -2.42. The first kappa shape index (κ1) is 28.4. The Balaban J connectivity index is 1.38. The van der Waals surface area contributed by atoms with Crippen molar-refractivity contribution in [2.45, 2.75) is 61.3 Å². The Labute approximate surface area is 262 Å². The van der Waals surface area contributed by atoms with Gasteiger partial charge in [0.05, 0.1) is 22.2 Å². The fraction of sp³-hybridized carbons (Fsp3) is 0.237. The molecule has 7 rings (SSSR count). The van der Waals surface area contributed by atoms with Gasteiger partial charge in [0.15, 0.2) is 5.16 Å². The van der Waals surface area contributed by atoms with Crippen molar-refractivity contribution in [1.82, 2.24) is 9.55 Å². The van der Waals surface area contributed by atoms with E-state index in [1.165, 1.54) is 23.7 Å². The van der Waals surface area contributed by atoms with Gasteiger partial charge in [-0.15, -0.1) is 0 Å². The smallest absolute Gasteiger partial charge is 0.263 e. The minimum Gasteiger partial charge on any atom is -0.280 e. The van der Waals surface area contributed by atoms with Gasteiger partial charge in [0.1, 0.15) is 0 Å². The number of carbonyl (C=O) groups is 1. The third-order valence-corrected chi connectivity index (χ3v) is 10.1. The van der Waals surface area contributed by atoms with Gasteiger partial charge in [-0.2, -0.15) is 0 Å². The molecule has 0 N–H and O–H groups in total. The van der Waals surface area contributed by atoms with E-state index >= 15 is 0 Å². The van der Waals surface area contributed by atoms with Crippen LogP contribution in [0, 0.1) is 0 Å². The maximum atomic E-state index is 14.9. The molecule has 0 aliphatic heterocycles. The standard InChI is InChI=1S/C38H35N3O2S/c1-27(35(42)40(29-17-6-2-7-18-29)30-19-8-3-9-20-30)44-37-39-34-32-23-13-12-16-28(32)26-38(24-14-5-15-25-38)33(34)36(43)41(37)31-21-10-4-11-22-31/h2-4,6-13,16-23,27H,5,14-15,24-26H2,1H3/t27-/m1/s1. The Bertz CT molecular complexity index is 1810. The van der Waals surface area contributed by atoms with E-state index in [0.29, 0.717) is 5.16 Å². The normalized spacial score (nSPS) is 15.7. The number of benzene rings is 4. The minimum atomic E-state index is -0.530. The Morgan fingerprint density at radius 3 is 2.00 bits per heavy atom. The maximum absolute atomic E-state index is 14.9. The highest BCUT2D eigenvalue weighted by molar-refractivity contribution is 8.00. The number of fused-ring (bicyclic) bond motifs is 4. The highest BCUT2D eigenvalue weighted by Crippen LogP contribution is 2.49. The van der Waals surface area contributed by atoms with E-state index < -0.39 is 5.25 Å². The second kappa shape index (κ2) is 11.9. The van der Waals surface area contributed by atoms with Crippen LogP contribution in [0.2, 0.25) is 0 Å². The lowest BCUT2D eigenvalue weighted by atomic mass is 9.62. The first-order chi connectivity index (χ1) is 21.6. The summed E-state index contributed by atoms with van der Waals surface area (Å²) >= 11 is 1.35. The van der Waals surface area contributed by atoms with Crippen LogP contribution in [0.5, 0.6) is 0 Å². The summed E-state index contributed by atoms with van der Waals surface area (Å²) < 4.78 is 1.76. The number of nitrogens with zero attached hydrogens (tertiary/aromatic N) is 3. The number of rotatable bonds is 6. The summed E-state index contributed by atoms with van der Waals surface area (Å²) in [7, 11) is 0. The van der Waals surface area contributed by atoms with Crippen molar-refractivity contribution < 1.29 is 4.79 Å². The van der Waals surface area contributed by atoms with Crippen LogP contribution in [-0.4, -0.2) is 20.7 Å². The van der Waals surface area contributed by atoms with Gasteiger partial charge in [-0.25, -0.2) is 4.98 Å². The summed E-state index contributed by atoms with van der Waals surface area (Å²) in [6.07, 6.45) is 6.28. The molecule has 1 spiro atoms. The van der Waals surface area contributed by atoms with E-state index in [1.54, 1.807) is 9.47 Å². The van der Waals surface area contributed by atoms with Crippen molar-refractivity contribution in [3.63, 3.8) is 0 Å². The molecule has 1 amide bonds. The van der Waals surface area contributed by atoms with Crippen LogP contribution in [0.4, 0.5) is 11.4 Å². The first-order valence-electron chi connectivity index (χ1n) is 15.5. The molecular formula is C38H35N3O2S. The average molecular weight is 598 g/mol. The van der Waals surface area contributed by atoms with Crippen LogP contribution in [0.25, 0.3) is 16.9 Å². The summed E-state index contributed by atoms with van der Waals surface area (Å²) in [5.74, 6) is -0.0804. The molecule has 1 saturated carbocycles. The quantitative estimate of drug-likeness (QED) is 0.145. The van der Waals surface area contributed by atoms with E-state index in [9.17, 15) is 9.59 Å². The van der Waals surface area contributed by atoms with Crippen molar-refractivity contribution in [1.29, 1.82) is 0 Å². The third-order valence-electron chi connectivity index (χ3n) is 9.09. The van der Waals surface area contributed by atoms with Crippen LogP contribution in [0.1, 0.15) is 50.2 Å². The molecule has 0 bridgehead atoms. The van der Waals surface area contributed by atoms with E-state index in [2.05, 4.69) is 18.2 Å². The molecule has 1 aromatic heterocycles. The fourth-order valence-corrected chi connectivity index (χ4v) is 7.98. The zero-order valence-corrected chi connectivity index (χ0v) is 25.7. The maximum Gasteiger partial charge on any atom is 0.263 e. The average Bonchev–Trinajstić information content (AvgIpc) is 3.06. The van der Waals surface area contributed by atoms with Gasteiger partial charge in [0.25, 0.3) is 5.56 Å². The Morgan fingerprint density at radius 2 is 1.36 bits per heavy atom. The Hall–Kier alpha value is -4.42. The van der Waals surface area contributed by atoms with E-state index in [4.69, 9.17) is 4.98 Å². The number of aromatic nitrogens is 2. The molecular weight excluding hydrogens is 563 g/mol. The molecule has 0 saturated heterocycles. The highest BCUT2D eigenvalue weighted by atomic mass is 32.2. The predicted molar refractivity (Wildman–Crippen MR) is 179 cm³/mol. The van der Waals surface area contributed by atoms with Crippen LogP contribution in [-0.2, 0) is 16.6 Å². The van der Waals surface area contributed by atoms with Crippen LogP contribution in [0.15, 0.2) is 125 Å². The van der Waals surface area contributed by atoms with Crippen molar-refractivity contribution in [3.8, 4) is 16.9 Å². The van der Waals surface area contributed by atoms with Crippen molar-refractivity contribution in [3.05, 3.63) is 137 Å². The predicted octanol–water partition coefficient (Wildman–Crippen LogP) is 8.50. The monoisotopic (exact) mass is 597 g/mol. The number of hydrogen-bond acceptors (Lipinski definition) is 4. The molecule has 44 heavy (non-hydrogen) atoms. The lowest BCUT2D eigenvalue weighted by Crippen LogP contribution is -2.43. The number of thioether (sulfide) groups is 1. The van der Waals surface area contributed by atoms with E-state index in [0.717, 1.165) is 66.0 Å². The summed E-state index contributed by atoms with van der Waals surface area (Å²) in [6.45, 7) is 1.91. The van der Waals surface area contributed by atoms with Crippen molar-refractivity contribution >= 4 is 29.0 Å². The second-order valence-electron chi connectivity index (χ2n) is 11.9. The number of anilines is 2. The molecule has 1 atom stereocenters. The van der Waals surface area contributed by atoms with Gasteiger partial charge in [0, 0.05) is 22.4 Å². The summed E-state index contributed by atoms with van der Waals surface area (Å²) in [4.78, 5) is 36.2. The van der Waals surface area contributed by atoms with Gasteiger partial charge in [0.2, 0.25) is 5.91 Å². The van der Waals surface area contributed by atoms with E-state index in [1.807, 2.05) is 104 Å². The van der Waals surface area contributed by atoms with Crippen molar-refractivity contribution in [2.75, 3.05) is 4.90 Å². The van der Waals surface area contributed by atoms with Crippen LogP contribution >= 0.6 is 11.8 Å². The lowest BCUT2D eigenvalue weighted by molar-refractivity contribution is -0.117. The minimum absolute atomic E-state index is 0.0114.